The number of aromatic nitrogens is 4. The molecule has 5 rings (SSSR count). The predicted molar refractivity (Wildman–Crippen MR) is 155 cm³/mol. The molecule has 4 aromatic rings. The number of benzene rings is 2. The molecule has 0 radical (unpaired) electrons. The standard InChI is InChI=1S/C30H38N6O5/c1-39-16-15-31-14-13-24-34-28(32-17-22(20-9-5-3-6-10-20)21-11-7-4-8-12-21)25-29(35-24)36(19-33-25)30-27(38)26(37)23(41-30)18-40-2/h3-12,19,22-23,26-27,30-31,37-38H,13-18H2,1-2H3,(H,32,34,35). The first-order valence-corrected chi connectivity index (χ1v) is 13.9. The Morgan fingerprint density at radius 1 is 0.927 bits per heavy atom. The van der Waals surface area contributed by atoms with E-state index in [1.807, 2.05) is 36.4 Å². The number of ether oxygens (including phenoxy) is 3. The lowest BCUT2D eigenvalue weighted by Gasteiger charge is -2.20. The van der Waals surface area contributed by atoms with Gasteiger partial charge in [-0.1, -0.05) is 60.7 Å². The molecule has 4 unspecified atom stereocenters. The van der Waals surface area contributed by atoms with Gasteiger partial charge in [-0.3, -0.25) is 4.57 Å². The van der Waals surface area contributed by atoms with Crippen LogP contribution in [0.2, 0.25) is 0 Å². The van der Waals surface area contributed by atoms with E-state index in [1.54, 1.807) is 18.0 Å². The van der Waals surface area contributed by atoms with E-state index in [1.165, 1.54) is 18.2 Å². The van der Waals surface area contributed by atoms with Crippen LogP contribution in [0.25, 0.3) is 11.2 Å². The fourth-order valence-electron chi connectivity index (χ4n) is 5.14. The van der Waals surface area contributed by atoms with Gasteiger partial charge in [0.1, 0.15) is 24.1 Å². The van der Waals surface area contributed by atoms with Crippen molar-refractivity contribution in [2.45, 2.75) is 36.9 Å². The number of nitrogens with zero attached hydrogens (tertiary/aromatic N) is 4. The van der Waals surface area contributed by atoms with Crippen LogP contribution < -0.4 is 10.6 Å². The normalized spacial score (nSPS) is 20.7. The van der Waals surface area contributed by atoms with Crippen molar-refractivity contribution >= 4 is 17.0 Å². The molecule has 4 N–H and O–H groups in total. The maximum absolute atomic E-state index is 10.8. The number of rotatable bonds is 14. The van der Waals surface area contributed by atoms with Gasteiger partial charge in [0.15, 0.2) is 23.2 Å². The van der Waals surface area contributed by atoms with Gasteiger partial charge in [0.2, 0.25) is 0 Å². The van der Waals surface area contributed by atoms with Crippen LogP contribution in [0.4, 0.5) is 5.82 Å². The van der Waals surface area contributed by atoms with E-state index in [4.69, 9.17) is 24.2 Å². The number of hydrogen-bond donors (Lipinski definition) is 4. The molecule has 0 bridgehead atoms. The first-order chi connectivity index (χ1) is 20.1. The molecule has 11 nitrogen and oxygen atoms in total. The molecule has 218 valence electrons. The van der Waals surface area contributed by atoms with Gasteiger partial charge in [0.05, 0.1) is 19.5 Å². The summed E-state index contributed by atoms with van der Waals surface area (Å²) in [4.78, 5) is 14.3. The summed E-state index contributed by atoms with van der Waals surface area (Å²) in [5.74, 6) is 1.29. The number of methoxy groups -OCH3 is 2. The average Bonchev–Trinajstić information content (AvgIpc) is 3.55. The summed E-state index contributed by atoms with van der Waals surface area (Å²) in [6.07, 6.45) is -1.65. The third kappa shape index (κ3) is 6.72. The zero-order valence-corrected chi connectivity index (χ0v) is 23.4. The smallest absolute Gasteiger partial charge is 0.167 e. The summed E-state index contributed by atoms with van der Waals surface area (Å²) >= 11 is 0. The summed E-state index contributed by atoms with van der Waals surface area (Å²) in [6, 6.07) is 20.7. The van der Waals surface area contributed by atoms with Crippen LogP contribution in [0.3, 0.4) is 0 Å². The van der Waals surface area contributed by atoms with Gasteiger partial charge in [0, 0.05) is 46.2 Å². The Hall–Kier alpha value is -3.45. The van der Waals surface area contributed by atoms with E-state index >= 15 is 0 Å². The Labute approximate surface area is 239 Å². The second kappa shape index (κ2) is 13.9. The van der Waals surface area contributed by atoms with E-state index in [0.29, 0.717) is 48.9 Å². The number of aliphatic hydroxyl groups excluding tert-OH is 2. The molecule has 0 saturated carbocycles. The topological polar surface area (TPSA) is 136 Å². The molecule has 1 aliphatic rings. The number of anilines is 1. The fourth-order valence-corrected chi connectivity index (χ4v) is 5.14. The van der Waals surface area contributed by atoms with Crippen LogP contribution >= 0.6 is 0 Å². The van der Waals surface area contributed by atoms with Gasteiger partial charge in [-0.2, -0.15) is 0 Å². The molecule has 3 heterocycles. The second-order valence-corrected chi connectivity index (χ2v) is 10.1. The van der Waals surface area contributed by atoms with E-state index in [9.17, 15) is 10.2 Å². The SMILES string of the molecule is COCCNCCc1nc(NCC(c2ccccc2)c2ccccc2)c2ncn(C3OC(COC)C(O)C3O)c2n1. The van der Waals surface area contributed by atoms with Crippen LogP contribution in [0, 0.1) is 0 Å². The van der Waals surface area contributed by atoms with Crippen molar-refractivity contribution in [1.29, 1.82) is 0 Å². The Morgan fingerprint density at radius 2 is 1.63 bits per heavy atom. The van der Waals surface area contributed by atoms with Crippen molar-refractivity contribution in [1.82, 2.24) is 24.8 Å². The van der Waals surface area contributed by atoms with Gasteiger partial charge in [-0.25, -0.2) is 15.0 Å². The quantitative estimate of drug-likeness (QED) is 0.169. The van der Waals surface area contributed by atoms with Crippen LogP contribution in [-0.2, 0) is 20.6 Å². The summed E-state index contributed by atoms with van der Waals surface area (Å²) in [5, 5.41) is 28.2. The minimum Gasteiger partial charge on any atom is -0.387 e. The third-order valence-electron chi connectivity index (χ3n) is 7.30. The number of nitrogens with one attached hydrogen (secondary N) is 2. The molecule has 41 heavy (non-hydrogen) atoms. The monoisotopic (exact) mass is 562 g/mol. The minimum absolute atomic E-state index is 0.0774. The molecule has 1 fully saturated rings. The Balaban J connectivity index is 1.46. The average molecular weight is 563 g/mol. The lowest BCUT2D eigenvalue weighted by molar-refractivity contribution is -0.0580. The molecule has 1 aliphatic heterocycles. The summed E-state index contributed by atoms with van der Waals surface area (Å²) < 4.78 is 17.9. The van der Waals surface area contributed by atoms with Gasteiger partial charge < -0.3 is 35.1 Å². The van der Waals surface area contributed by atoms with Crippen LogP contribution in [0.5, 0.6) is 0 Å². The van der Waals surface area contributed by atoms with Crippen molar-refractivity contribution in [3.8, 4) is 0 Å². The van der Waals surface area contributed by atoms with Crippen molar-refractivity contribution in [3.63, 3.8) is 0 Å². The van der Waals surface area contributed by atoms with Crippen LogP contribution in [0.1, 0.15) is 29.1 Å². The Bertz CT molecular complexity index is 1330. The molecule has 0 spiro atoms. The third-order valence-corrected chi connectivity index (χ3v) is 7.30. The largest absolute Gasteiger partial charge is 0.387 e. The molecule has 4 atom stereocenters. The molecule has 2 aromatic heterocycles. The first-order valence-electron chi connectivity index (χ1n) is 13.9. The maximum atomic E-state index is 10.8. The molecule has 0 amide bonds. The highest BCUT2D eigenvalue weighted by Crippen LogP contribution is 2.33. The van der Waals surface area contributed by atoms with Crippen LogP contribution in [0.15, 0.2) is 67.0 Å². The molecular weight excluding hydrogens is 524 g/mol. The summed E-state index contributed by atoms with van der Waals surface area (Å²) in [6.45, 7) is 2.73. The lowest BCUT2D eigenvalue weighted by atomic mass is 9.91. The zero-order chi connectivity index (χ0) is 28.6. The number of aliphatic hydroxyl groups is 2. The summed E-state index contributed by atoms with van der Waals surface area (Å²) in [5.41, 5.74) is 3.44. The van der Waals surface area contributed by atoms with Gasteiger partial charge >= 0.3 is 0 Å². The van der Waals surface area contributed by atoms with E-state index in [2.05, 4.69) is 39.9 Å². The molecule has 11 heteroatoms. The zero-order valence-electron chi connectivity index (χ0n) is 23.4. The van der Waals surface area contributed by atoms with Gasteiger partial charge in [-0.05, 0) is 11.1 Å². The van der Waals surface area contributed by atoms with Gasteiger partial charge in [0.25, 0.3) is 0 Å². The second-order valence-electron chi connectivity index (χ2n) is 10.1. The Morgan fingerprint density at radius 3 is 2.29 bits per heavy atom. The molecule has 2 aromatic carbocycles. The van der Waals surface area contributed by atoms with Crippen LogP contribution in [-0.4, -0.2) is 95.1 Å². The molecular formula is C30H38N6O5. The number of hydrogen-bond acceptors (Lipinski definition) is 10. The van der Waals surface area contributed by atoms with E-state index in [0.717, 1.165) is 6.54 Å². The minimum atomic E-state index is -1.17. The van der Waals surface area contributed by atoms with E-state index in [-0.39, 0.29) is 12.5 Å². The number of fused-ring (bicyclic) bond motifs is 1. The van der Waals surface area contributed by atoms with Gasteiger partial charge in [-0.15, -0.1) is 0 Å². The highest BCUT2D eigenvalue weighted by atomic mass is 16.6. The highest BCUT2D eigenvalue weighted by molar-refractivity contribution is 5.83. The van der Waals surface area contributed by atoms with E-state index < -0.39 is 24.5 Å². The molecule has 1 saturated heterocycles. The number of imidazole rings is 1. The van der Waals surface area contributed by atoms with Crippen molar-refractivity contribution in [2.75, 3.05) is 52.4 Å². The van der Waals surface area contributed by atoms with Crippen molar-refractivity contribution in [2.24, 2.45) is 0 Å². The summed E-state index contributed by atoms with van der Waals surface area (Å²) in [7, 11) is 3.20. The highest BCUT2D eigenvalue weighted by Gasteiger charge is 2.44. The fraction of sp³-hybridized carbons (Fsp3) is 0.433. The Kier molecular flexibility index (Phi) is 9.88. The predicted octanol–water partition coefficient (Wildman–Crippen LogP) is 2.11. The maximum Gasteiger partial charge on any atom is 0.167 e. The molecule has 0 aliphatic carbocycles. The van der Waals surface area contributed by atoms with Crippen molar-refractivity contribution < 1.29 is 24.4 Å². The lowest BCUT2D eigenvalue weighted by Crippen LogP contribution is -2.33. The van der Waals surface area contributed by atoms with Crippen molar-refractivity contribution in [3.05, 3.63) is 83.9 Å². The first kappa shape index (κ1) is 29.1.